The molecule has 0 aliphatic heterocycles. The van der Waals surface area contributed by atoms with Crippen LogP contribution >= 0.6 is 0 Å². The zero-order valence-electron chi connectivity index (χ0n) is 14.5. The Hall–Kier alpha value is -2.07. The summed E-state index contributed by atoms with van der Waals surface area (Å²) in [4.78, 5) is 12.5. The van der Waals surface area contributed by atoms with Crippen molar-refractivity contribution in [3.05, 3.63) is 42.0 Å². The van der Waals surface area contributed by atoms with Crippen LogP contribution in [0.2, 0.25) is 0 Å². The molecule has 0 heterocycles. The second-order valence-electron chi connectivity index (χ2n) is 7.07. The number of amides is 1. The number of methoxy groups -OCH3 is 1. The average molecular weight is 326 g/mol. The SMILES string of the molecule is COc1ccc2cc(CNC(=O)C3CCCCC3(C)N)ccc2c1. The lowest BCUT2D eigenvalue weighted by Gasteiger charge is -2.37. The molecular formula is C20H26N2O2. The summed E-state index contributed by atoms with van der Waals surface area (Å²) in [6, 6.07) is 12.2. The zero-order valence-corrected chi connectivity index (χ0v) is 14.5. The summed E-state index contributed by atoms with van der Waals surface area (Å²) in [5.41, 5.74) is 7.03. The van der Waals surface area contributed by atoms with Gasteiger partial charge in [-0.3, -0.25) is 4.79 Å². The van der Waals surface area contributed by atoms with Crippen molar-refractivity contribution in [3.63, 3.8) is 0 Å². The topological polar surface area (TPSA) is 64.3 Å². The van der Waals surface area contributed by atoms with Crippen LogP contribution in [0.15, 0.2) is 36.4 Å². The molecule has 0 saturated heterocycles. The van der Waals surface area contributed by atoms with Crippen LogP contribution in [0.4, 0.5) is 0 Å². The number of ether oxygens (including phenoxy) is 1. The molecule has 1 amide bonds. The minimum atomic E-state index is -0.387. The quantitative estimate of drug-likeness (QED) is 0.905. The fraction of sp³-hybridized carbons (Fsp3) is 0.450. The molecule has 4 heteroatoms. The van der Waals surface area contributed by atoms with Gasteiger partial charge in [0.25, 0.3) is 0 Å². The number of rotatable bonds is 4. The molecule has 0 aromatic heterocycles. The molecule has 1 saturated carbocycles. The molecule has 1 aliphatic carbocycles. The van der Waals surface area contributed by atoms with Crippen molar-refractivity contribution in [2.24, 2.45) is 11.7 Å². The number of nitrogens with two attached hydrogens (primary N) is 1. The van der Waals surface area contributed by atoms with Crippen LogP contribution in [-0.2, 0) is 11.3 Å². The van der Waals surface area contributed by atoms with Crippen molar-refractivity contribution in [1.82, 2.24) is 5.32 Å². The van der Waals surface area contributed by atoms with Crippen molar-refractivity contribution >= 4 is 16.7 Å². The molecule has 3 N–H and O–H groups in total. The van der Waals surface area contributed by atoms with Gasteiger partial charge in [-0.15, -0.1) is 0 Å². The van der Waals surface area contributed by atoms with Crippen LogP contribution < -0.4 is 15.8 Å². The van der Waals surface area contributed by atoms with E-state index in [9.17, 15) is 4.79 Å². The van der Waals surface area contributed by atoms with E-state index in [1.165, 1.54) is 0 Å². The second kappa shape index (κ2) is 6.81. The molecule has 2 aromatic carbocycles. The molecule has 0 radical (unpaired) electrons. The minimum absolute atomic E-state index is 0.0783. The first-order valence-electron chi connectivity index (χ1n) is 8.63. The van der Waals surface area contributed by atoms with Gasteiger partial charge < -0.3 is 15.8 Å². The summed E-state index contributed by atoms with van der Waals surface area (Å²) in [5, 5.41) is 5.34. The van der Waals surface area contributed by atoms with E-state index in [4.69, 9.17) is 10.5 Å². The lowest BCUT2D eigenvalue weighted by atomic mass is 9.74. The summed E-state index contributed by atoms with van der Waals surface area (Å²) < 4.78 is 5.25. The summed E-state index contributed by atoms with van der Waals surface area (Å²) in [5.74, 6) is 0.841. The zero-order chi connectivity index (χ0) is 17.2. The summed E-state index contributed by atoms with van der Waals surface area (Å²) in [6.07, 6.45) is 4.01. The Labute approximate surface area is 143 Å². The maximum atomic E-state index is 12.5. The van der Waals surface area contributed by atoms with Gasteiger partial charge in [0.05, 0.1) is 13.0 Å². The Morgan fingerprint density at radius 3 is 2.75 bits per heavy atom. The largest absolute Gasteiger partial charge is 0.497 e. The molecule has 0 spiro atoms. The highest BCUT2D eigenvalue weighted by molar-refractivity contribution is 5.85. The number of hydrogen-bond donors (Lipinski definition) is 2. The van der Waals surface area contributed by atoms with E-state index in [2.05, 4.69) is 17.4 Å². The van der Waals surface area contributed by atoms with E-state index < -0.39 is 0 Å². The van der Waals surface area contributed by atoms with Gasteiger partial charge in [0.15, 0.2) is 0 Å². The third kappa shape index (κ3) is 3.54. The van der Waals surface area contributed by atoms with Crippen molar-refractivity contribution in [2.45, 2.75) is 44.7 Å². The van der Waals surface area contributed by atoms with Gasteiger partial charge in [-0.05, 0) is 54.3 Å². The summed E-state index contributed by atoms with van der Waals surface area (Å²) in [6.45, 7) is 2.53. The third-order valence-corrected chi connectivity index (χ3v) is 5.15. The van der Waals surface area contributed by atoms with Crippen molar-refractivity contribution < 1.29 is 9.53 Å². The Morgan fingerprint density at radius 1 is 1.25 bits per heavy atom. The van der Waals surface area contributed by atoms with Crippen LogP contribution in [0, 0.1) is 5.92 Å². The predicted molar refractivity (Wildman–Crippen MR) is 96.9 cm³/mol. The molecular weight excluding hydrogens is 300 g/mol. The maximum Gasteiger partial charge on any atom is 0.225 e. The Bertz CT molecular complexity index is 739. The number of carbonyl (C=O) groups excluding carboxylic acids is 1. The highest BCUT2D eigenvalue weighted by Crippen LogP contribution is 2.31. The number of nitrogens with one attached hydrogen (secondary N) is 1. The first kappa shape index (κ1) is 16.8. The highest BCUT2D eigenvalue weighted by Gasteiger charge is 2.37. The Balaban J connectivity index is 1.68. The third-order valence-electron chi connectivity index (χ3n) is 5.15. The molecule has 3 rings (SSSR count). The van der Waals surface area contributed by atoms with E-state index in [1.807, 2.05) is 31.2 Å². The number of hydrogen-bond acceptors (Lipinski definition) is 3. The molecule has 0 bridgehead atoms. The van der Waals surface area contributed by atoms with Crippen molar-refractivity contribution in [3.8, 4) is 5.75 Å². The standard InChI is InChI=1S/C20H26N2O2/c1-20(21)10-4-3-5-18(20)19(23)22-13-14-6-7-16-12-17(24-2)9-8-15(16)11-14/h6-9,11-12,18H,3-5,10,13,21H2,1-2H3,(H,22,23). The van der Waals surface area contributed by atoms with Gasteiger partial charge >= 0.3 is 0 Å². The molecule has 128 valence electrons. The van der Waals surface area contributed by atoms with Crippen LogP contribution in [0.5, 0.6) is 5.75 Å². The van der Waals surface area contributed by atoms with Gasteiger partial charge in [0, 0.05) is 12.1 Å². The van der Waals surface area contributed by atoms with Crippen LogP contribution in [0.25, 0.3) is 10.8 Å². The fourth-order valence-corrected chi connectivity index (χ4v) is 3.61. The van der Waals surface area contributed by atoms with Crippen molar-refractivity contribution in [1.29, 1.82) is 0 Å². The van der Waals surface area contributed by atoms with Crippen molar-refractivity contribution in [2.75, 3.05) is 7.11 Å². The normalized spacial score (nSPS) is 23.9. The Morgan fingerprint density at radius 2 is 2.00 bits per heavy atom. The smallest absolute Gasteiger partial charge is 0.225 e. The monoisotopic (exact) mass is 326 g/mol. The van der Waals surface area contributed by atoms with Gasteiger partial charge in [-0.2, -0.15) is 0 Å². The van der Waals surface area contributed by atoms with Crippen LogP contribution in [0.1, 0.15) is 38.2 Å². The van der Waals surface area contributed by atoms with Gasteiger partial charge in [-0.25, -0.2) is 0 Å². The van der Waals surface area contributed by atoms with E-state index in [0.717, 1.165) is 47.8 Å². The average Bonchev–Trinajstić information content (AvgIpc) is 2.58. The molecule has 4 nitrogen and oxygen atoms in total. The predicted octanol–water partition coefficient (Wildman–Crippen LogP) is 3.37. The summed E-state index contributed by atoms with van der Waals surface area (Å²) >= 11 is 0. The van der Waals surface area contributed by atoms with Gasteiger partial charge in [0.1, 0.15) is 5.75 Å². The lowest BCUT2D eigenvalue weighted by Crippen LogP contribution is -2.52. The number of benzene rings is 2. The molecule has 1 fully saturated rings. The van der Waals surface area contributed by atoms with E-state index in [0.29, 0.717) is 6.54 Å². The fourth-order valence-electron chi connectivity index (χ4n) is 3.61. The molecule has 2 atom stereocenters. The van der Waals surface area contributed by atoms with Crippen LogP contribution in [0.3, 0.4) is 0 Å². The minimum Gasteiger partial charge on any atom is -0.497 e. The van der Waals surface area contributed by atoms with Gasteiger partial charge in [0.2, 0.25) is 5.91 Å². The summed E-state index contributed by atoms with van der Waals surface area (Å²) in [7, 11) is 1.67. The molecule has 1 aliphatic rings. The van der Waals surface area contributed by atoms with E-state index in [-0.39, 0.29) is 17.4 Å². The molecule has 2 unspecified atom stereocenters. The van der Waals surface area contributed by atoms with Gasteiger partial charge in [-0.1, -0.05) is 31.0 Å². The Kier molecular flexibility index (Phi) is 4.76. The lowest BCUT2D eigenvalue weighted by molar-refractivity contribution is -0.128. The molecule has 2 aromatic rings. The van der Waals surface area contributed by atoms with E-state index >= 15 is 0 Å². The van der Waals surface area contributed by atoms with E-state index in [1.54, 1.807) is 7.11 Å². The maximum absolute atomic E-state index is 12.5. The second-order valence-corrected chi connectivity index (χ2v) is 7.07. The first-order chi connectivity index (χ1) is 11.5. The number of fused-ring (bicyclic) bond motifs is 1. The number of carbonyl (C=O) groups is 1. The highest BCUT2D eigenvalue weighted by atomic mass is 16.5. The van der Waals surface area contributed by atoms with Crippen LogP contribution in [-0.4, -0.2) is 18.6 Å². The molecule has 24 heavy (non-hydrogen) atoms. The first-order valence-corrected chi connectivity index (χ1v) is 8.63.